The van der Waals surface area contributed by atoms with Crippen molar-refractivity contribution in [3.8, 4) is 5.75 Å². The maximum absolute atomic E-state index is 5.30. The van der Waals surface area contributed by atoms with Crippen LogP contribution in [0, 0.1) is 0 Å². The number of hydrogen-bond acceptors (Lipinski definition) is 7. The molecular formula is C24H33N7O. The summed E-state index contributed by atoms with van der Waals surface area (Å²) < 4.78 is 7.24. The first-order valence-corrected chi connectivity index (χ1v) is 11.2. The van der Waals surface area contributed by atoms with Crippen molar-refractivity contribution in [3.63, 3.8) is 0 Å². The van der Waals surface area contributed by atoms with E-state index in [1.165, 1.54) is 16.9 Å². The van der Waals surface area contributed by atoms with Crippen molar-refractivity contribution in [2.45, 2.75) is 25.9 Å². The summed E-state index contributed by atoms with van der Waals surface area (Å²) in [6, 6.07) is 17.3. The number of hydrogen-bond donors (Lipinski definition) is 0. The van der Waals surface area contributed by atoms with Gasteiger partial charge >= 0.3 is 0 Å². The van der Waals surface area contributed by atoms with Gasteiger partial charge in [0, 0.05) is 51.6 Å². The zero-order chi connectivity index (χ0) is 22.7. The quantitative estimate of drug-likeness (QED) is 0.565. The number of anilines is 2. The van der Waals surface area contributed by atoms with Gasteiger partial charge < -0.3 is 14.5 Å². The Morgan fingerprint density at radius 2 is 1.56 bits per heavy atom. The fourth-order valence-corrected chi connectivity index (χ4v) is 4.26. The Morgan fingerprint density at radius 3 is 2.12 bits per heavy atom. The summed E-state index contributed by atoms with van der Waals surface area (Å²) in [5.41, 5.74) is 3.62. The van der Waals surface area contributed by atoms with E-state index in [-0.39, 0.29) is 12.1 Å². The molecule has 2 aromatic carbocycles. The van der Waals surface area contributed by atoms with Gasteiger partial charge in [-0.05, 0) is 66.2 Å². The molecule has 1 atom stereocenters. The fraction of sp³-hybridized carbons (Fsp3) is 0.458. The zero-order valence-electron chi connectivity index (χ0n) is 19.6. The molecule has 1 unspecified atom stereocenters. The third-order valence-electron chi connectivity index (χ3n) is 6.09. The molecule has 0 N–H and O–H groups in total. The Morgan fingerprint density at radius 1 is 0.906 bits per heavy atom. The minimum absolute atomic E-state index is 0.0154. The normalized spacial score (nSPS) is 15.8. The van der Waals surface area contributed by atoms with Crippen molar-refractivity contribution in [2.75, 3.05) is 57.2 Å². The first kappa shape index (κ1) is 22.1. The van der Waals surface area contributed by atoms with Crippen LogP contribution in [0.15, 0.2) is 48.5 Å². The lowest BCUT2D eigenvalue weighted by atomic mass is 10.0. The van der Waals surface area contributed by atoms with E-state index in [1.54, 1.807) is 7.11 Å². The summed E-state index contributed by atoms with van der Waals surface area (Å²) in [7, 11) is 5.82. The molecule has 1 aliphatic rings. The minimum Gasteiger partial charge on any atom is -0.497 e. The third-order valence-corrected chi connectivity index (χ3v) is 6.09. The van der Waals surface area contributed by atoms with E-state index >= 15 is 0 Å². The van der Waals surface area contributed by atoms with Gasteiger partial charge in [0.2, 0.25) is 0 Å². The second-order valence-electron chi connectivity index (χ2n) is 8.68. The van der Waals surface area contributed by atoms with Crippen molar-refractivity contribution in [2.24, 2.45) is 0 Å². The number of benzene rings is 2. The van der Waals surface area contributed by atoms with Crippen molar-refractivity contribution < 1.29 is 4.74 Å². The van der Waals surface area contributed by atoms with Crippen LogP contribution in [0.1, 0.15) is 37.3 Å². The molecular weight excluding hydrogens is 402 g/mol. The van der Waals surface area contributed by atoms with E-state index in [1.807, 2.05) is 16.8 Å². The molecule has 4 rings (SSSR count). The summed E-state index contributed by atoms with van der Waals surface area (Å²) in [5.74, 6) is 1.78. The minimum atomic E-state index is 0.0154. The molecule has 3 aromatic rings. The van der Waals surface area contributed by atoms with Gasteiger partial charge in [0.25, 0.3) is 0 Å². The van der Waals surface area contributed by atoms with Crippen LogP contribution in [0.2, 0.25) is 0 Å². The average Bonchev–Trinajstić information content (AvgIpc) is 3.30. The van der Waals surface area contributed by atoms with E-state index in [9.17, 15) is 0 Å². The van der Waals surface area contributed by atoms with Gasteiger partial charge in [-0.25, -0.2) is 4.68 Å². The van der Waals surface area contributed by atoms with Crippen molar-refractivity contribution in [1.29, 1.82) is 0 Å². The summed E-state index contributed by atoms with van der Waals surface area (Å²) in [5, 5.41) is 12.8. The molecule has 0 aliphatic carbocycles. The SMILES string of the molecule is COc1ccc(N2CCN(C(c3ccc(N(C)C)cc3)c3nnnn3C(C)C)CC2)cc1. The van der Waals surface area contributed by atoms with Crippen LogP contribution in [0.4, 0.5) is 11.4 Å². The zero-order valence-corrected chi connectivity index (χ0v) is 19.6. The molecule has 8 heteroatoms. The van der Waals surface area contributed by atoms with Gasteiger partial charge in [-0.3, -0.25) is 4.90 Å². The lowest BCUT2D eigenvalue weighted by molar-refractivity contribution is 0.199. The molecule has 1 aliphatic heterocycles. The van der Waals surface area contributed by atoms with E-state index in [2.05, 4.69) is 94.6 Å². The summed E-state index contributed by atoms with van der Waals surface area (Å²) >= 11 is 0. The number of piperazine rings is 1. The van der Waals surface area contributed by atoms with Gasteiger partial charge in [0.15, 0.2) is 5.82 Å². The van der Waals surface area contributed by atoms with E-state index < -0.39 is 0 Å². The molecule has 32 heavy (non-hydrogen) atoms. The van der Waals surface area contributed by atoms with Gasteiger partial charge in [-0.2, -0.15) is 0 Å². The maximum Gasteiger partial charge on any atom is 0.173 e. The molecule has 0 radical (unpaired) electrons. The Bertz CT molecular complexity index is 990. The standard InChI is InChI=1S/C24H33N7O/c1-18(2)31-24(25-26-27-31)23(19-6-8-20(9-7-19)28(3)4)30-16-14-29(15-17-30)21-10-12-22(32-5)13-11-21/h6-13,18,23H,14-17H2,1-5H3. The maximum atomic E-state index is 5.30. The third kappa shape index (κ3) is 4.55. The van der Waals surface area contributed by atoms with Crippen LogP contribution in [-0.2, 0) is 0 Å². The highest BCUT2D eigenvalue weighted by molar-refractivity contribution is 5.50. The van der Waals surface area contributed by atoms with Gasteiger partial charge in [0.05, 0.1) is 19.2 Å². The van der Waals surface area contributed by atoms with Crippen LogP contribution >= 0.6 is 0 Å². The summed E-state index contributed by atoms with van der Waals surface area (Å²) in [6.07, 6.45) is 0. The molecule has 0 spiro atoms. The van der Waals surface area contributed by atoms with Crippen LogP contribution in [0.5, 0.6) is 5.75 Å². The first-order chi connectivity index (χ1) is 15.5. The predicted octanol–water partition coefficient (Wildman–Crippen LogP) is 3.24. The number of aromatic nitrogens is 4. The van der Waals surface area contributed by atoms with Crippen molar-refractivity contribution in [1.82, 2.24) is 25.1 Å². The second kappa shape index (κ2) is 9.56. The Kier molecular flexibility index (Phi) is 6.60. The summed E-state index contributed by atoms with van der Waals surface area (Å²) in [6.45, 7) is 7.99. The van der Waals surface area contributed by atoms with Gasteiger partial charge in [-0.15, -0.1) is 5.10 Å². The highest BCUT2D eigenvalue weighted by Crippen LogP contribution is 2.31. The van der Waals surface area contributed by atoms with E-state index in [0.29, 0.717) is 0 Å². The van der Waals surface area contributed by atoms with Crippen LogP contribution in [-0.4, -0.2) is 72.5 Å². The van der Waals surface area contributed by atoms with Crippen LogP contribution in [0.3, 0.4) is 0 Å². The monoisotopic (exact) mass is 435 g/mol. The smallest absolute Gasteiger partial charge is 0.173 e. The number of nitrogens with zero attached hydrogens (tertiary/aromatic N) is 7. The average molecular weight is 436 g/mol. The fourth-order valence-electron chi connectivity index (χ4n) is 4.26. The molecule has 1 aromatic heterocycles. The molecule has 1 fully saturated rings. The number of methoxy groups -OCH3 is 1. The highest BCUT2D eigenvalue weighted by atomic mass is 16.5. The molecule has 2 heterocycles. The Labute approximate surface area is 190 Å². The lowest BCUT2D eigenvalue weighted by Crippen LogP contribution is -2.48. The Hall–Kier alpha value is -3.13. The lowest BCUT2D eigenvalue weighted by Gasteiger charge is -2.40. The van der Waals surface area contributed by atoms with Gasteiger partial charge in [0.1, 0.15) is 5.75 Å². The number of tetrazole rings is 1. The van der Waals surface area contributed by atoms with E-state index in [4.69, 9.17) is 4.74 Å². The molecule has 0 amide bonds. The molecule has 170 valence electrons. The number of ether oxygens (including phenoxy) is 1. The molecule has 0 saturated carbocycles. The van der Waals surface area contributed by atoms with Crippen molar-refractivity contribution >= 4 is 11.4 Å². The molecule has 1 saturated heterocycles. The largest absolute Gasteiger partial charge is 0.497 e. The molecule has 0 bridgehead atoms. The first-order valence-electron chi connectivity index (χ1n) is 11.2. The molecule has 8 nitrogen and oxygen atoms in total. The van der Waals surface area contributed by atoms with Crippen molar-refractivity contribution in [3.05, 3.63) is 59.9 Å². The highest BCUT2D eigenvalue weighted by Gasteiger charge is 2.31. The van der Waals surface area contributed by atoms with Crippen LogP contribution in [0.25, 0.3) is 0 Å². The number of rotatable bonds is 7. The van der Waals surface area contributed by atoms with E-state index in [0.717, 1.165) is 37.8 Å². The topological polar surface area (TPSA) is 62.6 Å². The summed E-state index contributed by atoms with van der Waals surface area (Å²) in [4.78, 5) is 7.04. The predicted molar refractivity (Wildman–Crippen MR) is 128 cm³/mol. The Balaban J connectivity index is 1.58. The van der Waals surface area contributed by atoms with Crippen LogP contribution < -0.4 is 14.5 Å². The second-order valence-corrected chi connectivity index (χ2v) is 8.68. The van der Waals surface area contributed by atoms with Gasteiger partial charge in [-0.1, -0.05) is 12.1 Å².